The van der Waals surface area contributed by atoms with Gasteiger partial charge in [0.15, 0.2) is 6.29 Å². The maximum absolute atomic E-state index is 11.9. The number of unbranched alkanes of at least 4 members (excludes halogenated alkanes) is 2. The van der Waals surface area contributed by atoms with Crippen LogP contribution in [0.2, 0.25) is 0 Å². The third-order valence-corrected chi connectivity index (χ3v) is 9.09. The Kier molecular flexibility index (Phi) is 14.9. The highest BCUT2D eigenvalue weighted by Gasteiger charge is 2.48. The summed E-state index contributed by atoms with van der Waals surface area (Å²) < 4.78 is 32.7. The first kappa shape index (κ1) is 35.4. The smallest absolute Gasteiger partial charge is 0.187 e. The van der Waals surface area contributed by atoms with Gasteiger partial charge in [-0.1, -0.05) is 122 Å². The van der Waals surface area contributed by atoms with E-state index in [-0.39, 0.29) is 19.3 Å². The third kappa shape index (κ3) is 11.4. The molecule has 1 unspecified atom stereocenters. The summed E-state index contributed by atoms with van der Waals surface area (Å²) in [5.74, 6) is 0.345. The SMILES string of the molecule is OCCCC/C=C\C(O[C@H]1O[C@H](COCc2ccccc2)[C@@H](OCc2ccccc2)[C@H](OCc2ccccc2)[C@H]1O)C1CCCCC1. The number of allylic oxidation sites excluding steroid dienone is 1. The first-order valence-corrected chi connectivity index (χ1v) is 17.4. The van der Waals surface area contributed by atoms with Gasteiger partial charge in [0.1, 0.15) is 24.4 Å². The van der Waals surface area contributed by atoms with Crippen molar-refractivity contribution < 1.29 is 33.9 Å². The van der Waals surface area contributed by atoms with Crippen LogP contribution < -0.4 is 0 Å². The average molecular weight is 645 g/mol. The highest BCUT2D eigenvalue weighted by Crippen LogP contribution is 2.34. The Hall–Kier alpha value is -2.88. The van der Waals surface area contributed by atoms with E-state index in [4.69, 9.17) is 23.7 Å². The number of rotatable bonds is 18. The maximum Gasteiger partial charge on any atom is 0.187 e. The van der Waals surface area contributed by atoms with E-state index in [1.807, 2.05) is 91.0 Å². The van der Waals surface area contributed by atoms with Gasteiger partial charge in [0.2, 0.25) is 0 Å². The molecule has 0 aromatic heterocycles. The fraction of sp³-hybridized carbons (Fsp3) is 0.500. The lowest BCUT2D eigenvalue weighted by molar-refractivity contribution is -0.327. The van der Waals surface area contributed by atoms with Gasteiger partial charge in [-0.25, -0.2) is 0 Å². The van der Waals surface area contributed by atoms with Gasteiger partial charge < -0.3 is 33.9 Å². The van der Waals surface area contributed by atoms with E-state index >= 15 is 0 Å². The van der Waals surface area contributed by atoms with E-state index in [0.29, 0.717) is 25.7 Å². The van der Waals surface area contributed by atoms with Crippen LogP contribution in [0.3, 0.4) is 0 Å². The predicted molar refractivity (Wildman–Crippen MR) is 182 cm³/mol. The summed E-state index contributed by atoms with van der Waals surface area (Å²) in [5.41, 5.74) is 3.10. The maximum atomic E-state index is 11.9. The highest BCUT2D eigenvalue weighted by atomic mass is 16.7. The van der Waals surface area contributed by atoms with Crippen molar-refractivity contribution in [2.75, 3.05) is 13.2 Å². The van der Waals surface area contributed by atoms with Crippen molar-refractivity contribution >= 4 is 0 Å². The quantitative estimate of drug-likeness (QED) is 0.112. The number of benzene rings is 3. The second kappa shape index (κ2) is 19.8. The predicted octanol–water partition coefficient (Wildman–Crippen LogP) is 7.14. The zero-order chi connectivity index (χ0) is 32.5. The molecular weight excluding hydrogens is 592 g/mol. The van der Waals surface area contributed by atoms with Crippen LogP contribution in [0.25, 0.3) is 0 Å². The van der Waals surface area contributed by atoms with E-state index < -0.39 is 30.7 Å². The summed E-state index contributed by atoms with van der Waals surface area (Å²) >= 11 is 0. The molecule has 254 valence electrons. The molecule has 7 heteroatoms. The Morgan fingerprint density at radius 3 is 1.89 bits per heavy atom. The topological polar surface area (TPSA) is 86.6 Å². The lowest BCUT2D eigenvalue weighted by atomic mass is 9.85. The van der Waals surface area contributed by atoms with E-state index in [1.54, 1.807) is 0 Å². The Labute approximate surface area is 280 Å². The van der Waals surface area contributed by atoms with Gasteiger partial charge in [-0.15, -0.1) is 0 Å². The number of aliphatic hydroxyl groups excluding tert-OH is 2. The largest absolute Gasteiger partial charge is 0.396 e. The van der Waals surface area contributed by atoms with Gasteiger partial charge in [-0.3, -0.25) is 0 Å². The Morgan fingerprint density at radius 1 is 0.723 bits per heavy atom. The molecule has 1 aliphatic heterocycles. The van der Waals surface area contributed by atoms with Crippen molar-refractivity contribution in [3.63, 3.8) is 0 Å². The normalized spacial score (nSPS) is 24.4. The van der Waals surface area contributed by atoms with Gasteiger partial charge in [0, 0.05) is 6.61 Å². The zero-order valence-corrected chi connectivity index (χ0v) is 27.5. The molecular formula is C40H52O7. The molecule has 1 heterocycles. The monoisotopic (exact) mass is 644 g/mol. The molecule has 0 amide bonds. The van der Waals surface area contributed by atoms with Gasteiger partial charge in [-0.05, 0) is 54.7 Å². The Bertz CT molecular complexity index is 1270. The van der Waals surface area contributed by atoms with E-state index in [1.165, 1.54) is 19.3 Å². The molecule has 3 aromatic rings. The van der Waals surface area contributed by atoms with Crippen molar-refractivity contribution in [3.8, 4) is 0 Å². The lowest BCUT2D eigenvalue weighted by Crippen LogP contribution is -2.61. The summed E-state index contributed by atoms with van der Waals surface area (Å²) in [6.45, 7) is 1.53. The molecule has 1 aliphatic carbocycles. The summed E-state index contributed by atoms with van der Waals surface area (Å²) in [6, 6.07) is 30.0. The molecule has 0 spiro atoms. The van der Waals surface area contributed by atoms with Gasteiger partial charge in [0.25, 0.3) is 0 Å². The summed E-state index contributed by atoms with van der Waals surface area (Å²) in [5, 5.41) is 21.2. The van der Waals surface area contributed by atoms with E-state index in [9.17, 15) is 10.2 Å². The Balaban J connectivity index is 1.37. The van der Waals surface area contributed by atoms with Crippen molar-refractivity contribution in [2.45, 2.75) is 108 Å². The summed E-state index contributed by atoms with van der Waals surface area (Å²) in [4.78, 5) is 0. The molecule has 0 radical (unpaired) electrons. The van der Waals surface area contributed by atoms with Crippen LogP contribution in [0.4, 0.5) is 0 Å². The van der Waals surface area contributed by atoms with Crippen LogP contribution in [-0.2, 0) is 43.5 Å². The zero-order valence-electron chi connectivity index (χ0n) is 27.5. The van der Waals surface area contributed by atoms with Gasteiger partial charge >= 0.3 is 0 Å². The number of hydrogen-bond acceptors (Lipinski definition) is 7. The minimum Gasteiger partial charge on any atom is -0.396 e. The van der Waals surface area contributed by atoms with Crippen molar-refractivity contribution in [1.82, 2.24) is 0 Å². The lowest BCUT2D eigenvalue weighted by Gasteiger charge is -2.45. The van der Waals surface area contributed by atoms with Crippen LogP contribution in [-0.4, -0.2) is 60.2 Å². The molecule has 2 aliphatic rings. The summed E-state index contributed by atoms with van der Waals surface area (Å²) in [7, 11) is 0. The van der Waals surface area contributed by atoms with Crippen molar-refractivity contribution in [1.29, 1.82) is 0 Å². The van der Waals surface area contributed by atoms with Gasteiger partial charge in [0.05, 0.1) is 32.5 Å². The molecule has 1 saturated carbocycles. The van der Waals surface area contributed by atoms with Crippen LogP contribution in [0, 0.1) is 5.92 Å². The fourth-order valence-corrected chi connectivity index (χ4v) is 6.47. The molecule has 47 heavy (non-hydrogen) atoms. The van der Waals surface area contributed by atoms with Crippen LogP contribution in [0.1, 0.15) is 68.1 Å². The standard InChI is InChI=1S/C40H52O7/c41-26-16-2-1-15-25-35(34-23-13-6-14-24-34)46-40-37(42)39(45-29-33-21-11-5-12-22-33)38(44-28-32-19-9-4-10-20-32)36(47-40)30-43-27-31-17-7-3-8-18-31/h3-5,7-12,15,17-22,25,34-42H,1-2,6,13-14,16,23-24,26-30H2/b25-15-/t35?,36-,37-,38-,39-,40+/m1/s1. The summed E-state index contributed by atoms with van der Waals surface area (Å²) in [6.07, 6.45) is 8.52. The van der Waals surface area contributed by atoms with Crippen LogP contribution in [0.15, 0.2) is 103 Å². The molecule has 2 N–H and O–H groups in total. The second-order valence-electron chi connectivity index (χ2n) is 12.7. The first-order valence-electron chi connectivity index (χ1n) is 17.4. The third-order valence-electron chi connectivity index (χ3n) is 9.09. The molecule has 2 fully saturated rings. The number of aliphatic hydroxyl groups is 2. The van der Waals surface area contributed by atoms with Crippen molar-refractivity contribution in [2.24, 2.45) is 5.92 Å². The minimum atomic E-state index is -1.08. The Morgan fingerprint density at radius 2 is 1.30 bits per heavy atom. The average Bonchev–Trinajstić information content (AvgIpc) is 3.12. The molecule has 7 nitrogen and oxygen atoms in total. The molecule has 0 bridgehead atoms. The number of ether oxygens (including phenoxy) is 5. The fourth-order valence-electron chi connectivity index (χ4n) is 6.47. The first-order chi connectivity index (χ1) is 23.2. The highest BCUT2D eigenvalue weighted by molar-refractivity contribution is 5.15. The molecule has 6 atom stereocenters. The van der Waals surface area contributed by atoms with Crippen molar-refractivity contribution in [3.05, 3.63) is 120 Å². The van der Waals surface area contributed by atoms with Crippen LogP contribution in [0.5, 0.6) is 0 Å². The minimum absolute atomic E-state index is 0.199. The number of hydrogen-bond donors (Lipinski definition) is 2. The molecule has 3 aromatic carbocycles. The van der Waals surface area contributed by atoms with E-state index in [2.05, 4.69) is 12.2 Å². The van der Waals surface area contributed by atoms with Crippen LogP contribution >= 0.6 is 0 Å². The second-order valence-corrected chi connectivity index (χ2v) is 12.7. The molecule has 5 rings (SSSR count). The van der Waals surface area contributed by atoms with Gasteiger partial charge in [-0.2, -0.15) is 0 Å². The van der Waals surface area contributed by atoms with E-state index in [0.717, 1.165) is 48.8 Å². The molecule has 1 saturated heterocycles.